The lowest BCUT2D eigenvalue weighted by Crippen LogP contribution is -2.45. The molecule has 1 fully saturated rings. The predicted octanol–water partition coefficient (Wildman–Crippen LogP) is 2.14. The first kappa shape index (κ1) is 13.5. The molecule has 8 heteroatoms. The summed E-state index contributed by atoms with van der Waals surface area (Å²) in [7, 11) is 1.84. The van der Waals surface area contributed by atoms with Crippen LogP contribution in [0.4, 0.5) is 18.3 Å². The smallest absolute Gasteiger partial charge is 0.343 e. The molecule has 1 aliphatic rings. The van der Waals surface area contributed by atoms with Crippen LogP contribution in [0.1, 0.15) is 25.1 Å². The molecule has 0 bridgehead atoms. The standard InChI is InChI=1S/C10H15F3N4S/c1-14-6-7-4-2-3-5-17(7)9-15-8(16-18-9)10(11,12)13/h7,14H,2-6H2,1H3. The van der Waals surface area contributed by atoms with Gasteiger partial charge in [0.15, 0.2) is 0 Å². The van der Waals surface area contributed by atoms with Gasteiger partial charge in [0, 0.05) is 30.7 Å². The van der Waals surface area contributed by atoms with Gasteiger partial charge < -0.3 is 10.2 Å². The van der Waals surface area contributed by atoms with Gasteiger partial charge in [0.05, 0.1) is 0 Å². The Bertz CT molecular complexity index is 391. The van der Waals surface area contributed by atoms with E-state index in [1.165, 1.54) is 0 Å². The fourth-order valence-electron chi connectivity index (χ4n) is 2.15. The van der Waals surface area contributed by atoms with Gasteiger partial charge in [-0.05, 0) is 26.3 Å². The van der Waals surface area contributed by atoms with Crippen LogP contribution in [0, 0.1) is 0 Å². The molecule has 1 unspecified atom stereocenters. The highest BCUT2D eigenvalue weighted by atomic mass is 32.1. The van der Waals surface area contributed by atoms with E-state index in [9.17, 15) is 13.2 Å². The minimum Gasteiger partial charge on any atom is -0.343 e. The molecular weight excluding hydrogens is 265 g/mol. The van der Waals surface area contributed by atoms with Crippen LogP contribution >= 0.6 is 11.5 Å². The molecule has 1 aromatic heterocycles. The number of nitrogens with zero attached hydrogens (tertiary/aromatic N) is 3. The van der Waals surface area contributed by atoms with Crippen molar-refractivity contribution in [1.29, 1.82) is 0 Å². The number of piperidine rings is 1. The lowest BCUT2D eigenvalue weighted by Gasteiger charge is -2.35. The molecule has 4 nitrogen and oxygen atoms in total. The summed E-state index contributed by atoms with van der Waals surface area (Å²) in [5.74, 6) is -1.03. The maximum atomic E-state index is 12.5. The minimum absolute atomic E-state index is 0.206. The zero-order valence-electron chi connectivity index (χ0n) is 10.00. The monoisotopic (exact) mass is 280 g/mol. The van der Waals surface area contributed by atoms with E-state index in [0.717, 1.165) is 43.9 Å². The molecule has 0 saturated carbocycles. The molecule has 102 valence electrons. The highest BCUT2D eigenvalue weighted by molar-refractivity contribution is 7.09. The molecule has 0 aliphatic carbocycles. The van der Waals surface area contributed by atoms with Crippen LogP contribution in [0.5, 0.6) is 0 Å². The first-order valence-electron chi connectivity index (χ1n) is 5.84. The number of anilines is 1. The molecule has 0 radical (unpaired) electrons. The Morgan fingerprint density at radius 1 is 1.44 bits per heavy atom. The average Bonchev–Trinajstić information content (AvgIpc) is 2.79. The Morgan fingerprint density at radius 2 is 2.22 bits per heavy atom. The molecule has 0 aromatic carbocycles. The number of nitrogens with one attached hydrogen (secondary N) is 1. The number of aromatic nitrogens is 2. The largest absolute Gasteiger partial charge is 0.452 e. The van der Waals surface area contributed by atoms with Gasteiger partial charge in [0.2, 0.25) is 11.0 Å². The third-order valence-electron chi connectivity index (χ3n) is 2.98. The fourth-order valence-corrected chi connectivity index (χ4v) is 2.93. The number of likely N-dealkylation sites (N-methyl/N-ethyl adjacent to an activating group) is 1. The van der Waals surface area contributed by atoms with Gasteiger partial charge in [-0.1, -0.05) is 0 Å². The van der Waals surface area contributed by atoms with Crippen LogP contribution in [-0.4, -0.2) is 35.5 Å². The maximum Gasteiger partial charge on any atom is 0.452 e. The lowest BCUT2D eigenvalue weighted by molar-refractivity contribution is -0.144. The highest BCUT2D eigenvalue weighted by Crippen LogP contribution is 2.32. The van der Waals surface area contributed by atoms with E-state index in [1.54, 1.807) is 0 Å². The topological polar surface area (TPSA) is 41.0 Å². The number of hydrogen-bond donors (Lipinski definition) is 1. The molecule has 2 rings (SSSR count). The molecule has 0 amide bonds. The van der Waals surface area contributed by atoms with Crippen molar-refractivity contribution in [1.82, 2.24) is 14.7 Å². The summed E-state index contributed by atoms with van der Waals surface area (Å²) in [5, 5.41) is 3.44. The second-order valence-electron chi connectivity index (χ2n) is 4.30. The van der Waals surface area contributed by atoms with Gasteiger partial charge >= 0.3 is 6.18 Å². The van der Waals surface area contributed by atoms with Gasteiger partial charge in [-0.15, -0.1) is 0 Å². The first-order chi connectivity index (χ1) is 8.52. The van der Waals surface area contributed by atoms with E-state index in [-0.39, 0.29) is 6.04 Å². The lowest BCUT2D eigenvalue weighted by atomic mass is 10.0. The van der Waals surface area contributed by atoms with Crippen LogP contribution in [0.3, 0.4) is 0 Å². The summed E-state index contributed by atoms with van der Waals surface area (Å²) < 4.78 is 40.8. The Labute approximate surface area is 107 Å². The Balaban J connectivity index is 2.15. The van der Waals surface area contributed by atoms with E-state index in [4.69, 9.17) is 0 Å². The molecular formula is C10H15F3N4S. The summed E-state index contributed by atoms with van der Waals surface area (Å²) in [5.41, 5.74) is 0. The van der Waals surface area contributed by atoms with Gasteiger partial charge in [-0.3, -0.25) is 0 Å². The van der Waals surface area contributed by atoms with Gasteiger partial charge in [0.25, 0.3) is 0 Å². The van der Waals surface area contributed by atoms with Crippen molar-refractivity contribution in [2.45, 2.75) is 31.5 Å². The van der Waals surface area contributed by atoms with Crippen LogP contribution in [0.25, 0.3) is 0 Å². The molecule has 1 atom stereocenters. The van der Waals surface area contributed by atoms with Crippen LogP contribution < -0.4 is 10.2 Å². The quantitative estimate of drug-likeness (QED) is 0.921. The number of alkyl halides is 3. The maximum absolute atomic E-state index is 12.5. The Kier molecular flexibility index (Phi) is 4.06. The van der Waals surface area contributed by atoms with Gasteiger partial charge in [-0.2, -0.15) is 22.5 Å². The molecule has 0 spiro atoms. The Hall–Kier alpha value is -0.890. The van der Waals surface area contributed by atoms with Crippen molar-refractivity contribution in [3.05, 3.63) is 5.82 Å². The predicted molar refractivity (Wildman–Crippen MR) is 63.8 cm³/mol. The van der Waals surface area contributed by atoms with E-state index in [2.05, 4.69) is 14.7 Å². The van der Waals surface area contributed by atoms with E-state index >= 15 is 0 Å². The first-order valence-corrected chi connectivity index (χ1v) is 6.62. The normalized spacial score (nSPS) is 21.3. The molecule has 18 heavy (non-hydrogen) atoms. The van der Waals surface area contributed by atoms with Crippen LogP contribution in [-0.2, 0) is 6.18 Å². The second kappa shape index (κ2) is 5.40. The summed E-state index contributed by atoms with van der Waals surface area (Å²) in [6.45, 7) is 1.50. The zero-order chi connectivity index (χ0) is 13.2. The third kappa shape index (κ3) is 2.92. The van der Waals surface area contributed by atoms with Gasteiger partial charge in [-0.25, -0.2) is 0 Å². The summed E-state index contributed by atoms with van der Waals surface area (Å²) in [6.07, 6.45) is -1.39. The molecule has 1 aliphatic heterocycles. The average molecular weight is 280 g/mol. The summed E-state index contributed by atoms with van der Waals surface area (Å²) >= 11 is 0.830. The SMILES string of the molecule is CNCC1CCCCN1c1nc(C(F)(F)F)ns1. The van der Waals surface area contributed by atoms with Crippen LogP contribution in [0.15, 0.2) is 0 Å². The molecule has 1 N–H and O–H groups in total. The molecule has 2 heterocycles. The molecule has 1 saturated heterocycles. The summed E-state index contributed by atoms with van der Waals surface area (Å²) in [4.78, 5) is 5.56. The second-order valence-corrected chi connectivity index (χ2v) is 5.03. The van der Waals surface area contributed by atoms with Crippen molar-refractivity contribution < 1.29 is 13.2 Å². The van der Waals surface area contributed by atoms with Crippen molar-refractivity contribution in [3.63, 3.8) is 0 Å². The number of halogens is 3. The minimum atomic E-state index is -4.46. The Morgan fingerprint density at radius 3 is 2.83 bits per heavy atom. The van der Waals surface area contributed by atoms with E-state index < -0.39 is 12.0 Å². The van der Waals surface area contributed by atoms with Crippen LogP contribution in [0.2, 0.25) is 0 Å². The molecule has 1 aromatic rings. The number of rotatable bonds is 3. The van der Waals surface area contributed by atoms with Gasteiger partial charge in [0.1, 0.15) is 0 Å². The van der Waals surface area contributed by atoms with Crippen molar-refractivity contribution in [2.24, 2.45) is 0 Å². The van der Waals surface area contributed by atoms with E-state index in [1.807, 2.05) is 11.9 Å². The highest BCUT2D eigenvalue weighted by Gasteiger charge is 2.37. The third-order valence-corrected chi connectivity index (χ3v) is 3.73. The van der Waals surface area contributed by atoms with Crippen molar-refractivity contribution >= 4 is 16.7 Å². The van der Waals surface area contributed by atoms with Crippen molar-refractivity contribution in [2.75, 3.05) is 25.0 Å². The van der Waals surface area contributed by atoms with E-state index in [0.29, 0.717) is 5.13 Å². The van der Waals surface area contributed by atoms with Crippen molar-refractivity contribution in [3.8, 4) is 0 Å². The zero-order valence-corrected chi connectivity index (χ0v) is 10.8. The fraction of sp³-hybridized carbons (Fsp3) is 0.800. The number of hydrogen-bond acceptors (Lipinski definition) is 5. The summed E-state index contributed by atoms with van der Waals surface area (Å²) in [6, 6.07) is 0.206.